The molecule has 0 spiro atoms. The molecule has 1 aromatic carbocycles. The van der Waals surface area contributed by atoms with Gasteiger partial charge in [0.2, 0.25) is 0 Å². The highest BCUT2D eigenvalue weighted by molar-refractivity contribution is 5.71. The topological polar surface area (TPSA) is 58.5 Å². The molecule has 17 heavy (non-hydrogen) atoms. The van der Waals surface area contributed by atoms with E-state index in [-0.39, 0.29) is 0 Å². The Bertz CT molecular complexity index is 381. The number of rotatable bonds is 2. The molecule has 94 valence electrons. The molecule has 1 heterocycles. The van der Waals surface area contributed by atoms with Gasteiger partial charge in [0, 0.05) is 24.8 Å². The average molecular weight is 234 g/mol. The number of piperidine rings is 1. The second-order valence-electron chi connectivity index (χ2n) is 5.00. The summed E-state index contributed by atoms with van der Waals surface area (Å²) in [4.78, 5) is 4.67. The first kappa shape index (κ1) is 12.0. The minimum Gasteiger partial charge on any atom is -0.399 e. The molecule has 0 aromatic heterocycles. The van der Waals surface area contributed by atoms with Gasteiger partial charge in [0.1, 0.15) is 0 Å². The van der Waals surface area contributed by atoms with Crippen molar-refractivity contribution in [3.05, 3.63) is 18.2 Å². The number of benzene rings is 1. The van der Waals surface area contributed by atoms with Crippen molar-refractivity contribution in [2.45, 2.75) is 18.9 Å². The fourth-order valence-electron chi connectivity index (χ4n) is 2.48. The second kappa shape index (κ2) is 4.84. The number of nitrogens with two attached hydrogens (primary N) is 2. The van der Waals surface area contributed by atoms with E-state index in [1.807, 2.05) is 18.2 Å². The fraction of sp³-hybridized carbons (Fsp3) is 0.538. The first-order chi connectivity index (χ1) is 8.08. The van der Waals surface area contributed by atoms with Gasteiger partial charge >= 0.3 is 0 Å². The van der Waals surface area contributed by atoms with Gasteiger partial charge in [-0.2, -0.15) is 0 Å². The van der Waals surface area contributed by atoms with Gasteiger partial charge in [-0.25, -0.2) is 0 Å². The van der Waals surface area contributed by atoms with Gasteiger partial charge < -0.3 is 21.3 Å². The van der Waals surface area contributed by atoms with Crippen molar-refractivity contribution in [2.75, 3.05) is 43.6 Å². The summed E-state index contributed by atoms with van der Waals surface area (Å²) >= 11 is 0. The Morgan fingerprint density at radius 2 is 1.82 bits per heavy atom. The first-order valence-electron chi connectivity index (χ1n) is 6.14. The van der Waals surface area contributed by atoms with Crippen molar-refractivity contribution in [1.82, 2.24) is 4.90 Å². The molecule has 0 bridgehead atoms. The van der Waals surface area contributed by atoms with Crippen molar-refractivity contribution < 1.29 is 0 Å². The van der Waals surface area contributed by atoms with E-state index >= 15 is 0 Å². The van der Waals surface area contributed by atoms with Crippen LogP contribution in [0.15, 0.2) is 18.2 Å². The third kappa shape index (κ3) is 2.64. The normalized spacial score (nSPS) is 17.7. The Morgan fingerprint density at radius 3 is 2.35 bits per heavy atom. The van der Waals surface area contributed by atoms with Crippen LogP contribution in [0.1, 0.15) is 12.8 Å². The quantitative estimate of drug-likeness (QED) is 0.759. The zero-order valence-electron chi connectivity index (χ0n) is 10.7. The Morgan fingerprint density at radius 1 is 1.18 bits per heavy atom. The van der Waals surface area contributed by atoms with E-state index in [0.717, 1.165) is 30.2 Å². The molecule has 0 saturated carbocycles. The standard InChI is InChI=1S/C13H22N4/c1-16(2)11-5-7-17(8-6-11)13-4-3-10(14)9-12(13)15/h3-4,9,11H,5-8,14-15H2,1-2H3. The van der Waals surface area contributed by atoms with Crippen molar-refractivity contribution in [1.29, 1.82) is 0 Å². The first-order valence-corrected chi connectivity index (χ1v) is 6.14. The molecule has 2 rings (SSSR count). The smallest absolute Gasteiger partial charge is 0.0601 e. The van der Waals surface area contributed by atoms with Gasteiger partial charge in [-0.15, -0.1) is 0 Å². The Kier molecular flexibility index (Phi) is 3.43. The summed E-state index contributed by atoms with van der Waals surface area (Å²) in [5.74, 6) is 0. The summed E-state index contributed by atoms with van der Waals surface area (Å²) in [5.41, 5.74) is 14.4. The summed E-state index contributed by atoms with van der Waals surface area (Å²) < 4.78 is 0. The summed E-state index contributed by atoms with van der Waals surface area (Å²) in [5, 5.41) is 0. The summed E-state index contributed by atoms with van der Waals surface area (Å²) in [7, 11) is 4.30. The maximum Gasteiger partial charge on any atom is 0.0601 e. The molecule has 1 fully saturated rings. The van der Waals surface area contributed by atoms with Crippen LogP contribution in [0.4, 0.5) is 17.1 Å². The molecule has 0 radical (unpaired) electrons. The zero-order chi connectivity index (χ0) is 12.4. The average Bonchev–Trinajstić information content (AvgIpc) is 2.29. The maximum absolute atomic E-state index is 6.01. The molecule has 1 aromatic rings. The van der Waals surface area contributed by atoms with Crippen LogP contribution in [0.2, 0.25) is 0 Å². The highest BCUT2D eigenvalue weighted by atomic mass is 15.2. The van der Waals surface area contributed by atoms with E-state index in [2.05, 4.69) is 23.9 Å². The maximum atomic E-state index is 6.01. The molecule has 0 amide bonds. The summed E-state index contributed by atoms with van der Waals surface area (Å²) in [6.45, 7) is 2.13. The van der Waals surface area contributed by atoms with Crippen molar-refractivity contribution >= 4 is 17.1 Å². The zero-order valence-corrected chi connectivity index (χ0v) is 10.7. The van der Waals surface area contributed by atoms with Gasteiger partial charge in [-0.05, 0) is 45.1 Å². The number of hydrogen-bond donors (Lipinski definition) is 2. The van der Waals surface area contributed by atoms with Crippen LogP contribution in [0, 0.1) is 0 Å². The predicted octanol–water partition coefficient (Wildman–Crippen LogP) is 1.38. The number of hydrogen-bond acceptors (Lipinski definition) is 4. The third-order valence-corrected chi connectivity index (χ3v) is 3.59. The van der Waals surface area contributed by atoms with Crippen LogP contribution < -0.4 is 16.4 Å². The number of nitrogens with zero attached hydrogens (tertiary/aromatic N) is 2. The minimum atomic E-state index is 0.696. The highest BCUT2D eigenvalue weighted by Gasteiger charge is 2.21. The molecule has 1 aliphatic heterocycles. The van der Waals surface area contributed by atoms with Gasteiger partial charge in [0.05, 0.1) is 11.4 Å². The van der Waals surface area contributed by atoms with Crippen molar-refractivity contribution in [3.63, 3.8) is 0 Å². The van der Waals surface area contributed by atoms with Crippen LogP contribution in [-0.4, -0.2) is 38.1 Å². The predicted molar refractivity (Wildman–Crippen MR) is 74.2 cm³/mol. The molecule has 0 aliphatic carbocycles. The molecular formula is C13H22N4. The summed E-state index contributed by atoms with van der Waals surface area (Å²) in [6.07, 6.45) is 2.38. The van der Waals surface area contributed by atoms with Gasteiger partial charge in [-0.1, -0.05) is 0 Å². The van der Waals surface area contributed by atoms with E-state index < -0.39 is 0 Å². The second-order valence-corrected chi connectivity index (χ2v) is 5.00. The van der Waals surface area contributed by atoms with E-state index in [9.17, 15) is 0 Å². The Hall–Kier alpha value is -1.42. The van der Waals surface area contributed by atoms with E-state index in [4.69, 9.17) is 11.5 Å². The lowest BCUT2D eigenvalue weighted by atomic mass is 10.0. The van der Waals surface area contributed by atoms with Crippen LogP contribution in [0.5, 0.6) is 0 Å². The van der Waals surface area contributed by atoms with Gasteiger partial charge in [0.25, 0.3) is 0 Å². The lowest BCUT2D eigenvalue weighted by Crippen LogP contribution is -2.42. The number of nitrogen functional groups attached to an aromatic ring is 2. The largest absolute Gasteiger partial charge is 0.399 e. The van der Waals surface area contributed by atoms with E-state index in [1.54, 1.807) is 0 Å². The SMILES string of the molecule is CN(C)C1CCN(c2ccc(N)cc2N)CC1. The Balaban J connectivity index is 2.05. The monoisotopic (exact) mass is 234 g/mol. The molecule has 1 saturated heterocycles. The summed E-state index contributed by atoms with van der Waals surface area (Å²) in [6, 6.07) is 6.49. The van der Waals surface area contributed by atoms with Crippen LogP contribution in [0.25, 0.3) is 0 Å². The molecule has 4 heteroatoms. The van der Waals surface area contributed by atoms with Crippen LogP contribution in [-0.2, 0) is 0 Å². The van der Waals surface area contributed by atoms with E-state index in [0.29, 0.717) is 6.04 Å². The van der Waals surface area contributed by atoms with Gasteiger partial charge in [0.15, 0.2) is 0 Å². The van der Waals surface area contributed by atoms with Crippen LogP contribution >= 0.6 is 0 Å². The lowest BCUT2D eigenvalue weighted by Gasteiger charge is -2.37. The lowest BCUT2D eigenvalue weighted by molar-refractivity contribution is 0.250. The Labute approximate surface area is 103 Å². The molecule has 0 unspecified atom stereocenters. The molecular weight excluding hydrogens is 212 g/mol. The third-order valence-electron chi connectivity index (χ3n) is 3.59. The van der Waals surface area contributed by atoms with Crippen molar-refractivity contribution in [3.8, 4) is 0 Å². The number of anilines is 3. The van der Waals surface area contributed by atoms with Crippen molar-refractivity contribution in [2.24, 2.45) is 0 Å². The molecule has 0 atom stereocenters. The van der Waals surface area contributed by atoms with Gasteiger partial charge in [-0.3, -0.25) is 0 Å². The minimum absolute atomic E-state index is 0.696. The van der Waals surface area contributed by atoms with Crippen LogP contribution in [0.3, 0.4) is 0 Å². The molecule has 4 nitrogen and oxygen atoms in total. The van der Waals surface area contributed by atoms with E-state index in [1.165, 1.54) is 12.8 Å². The highest BCUT2D eigenvalue weighted by Crippen LogP contribution is 2.28. The fourth-order valence-corrected chi connectivity index (χ4v) is 2.48. The molecule has 1 aliphatic rings. The molecule has 4 N–H and O–H groups in total.